The second-order valence-corrected chi connectivity index (χ2v) is 5.78. The molecular formula is C13H13ClF3NO2. The lowest BCUT2D eigenvalue weighted by atomic mass is 9.80. The van der Waals surface area contributed by atoms with E-state index in [1.54, 1.807) is 13.8 Å². The zero-order valence-corrected chi connectivity index (χ0v) is 11.6. The van der Waals surface area contributed by atoms with E-state index in [-0.39, 0.29) is 17.2 Å². The fourth-order valence-electron chi connectivity index (χ4n) is 2.13. The first-order valence-electron chi connectivity index (χ1n) is 5.91. The molecule has 0 bridgehead atoms. The normalized spacial score (nSPS) is 22.1. The molecule has 1 aliphatic heterocycles. The second-order valence-electron chi connectivity index (χ2n) is 5.38. The predicted octanol–water partition coefficient (Wildman–Crippen LogP) is 4.17. The van der Waals surface area contributed by atoms with Gasteiger partial charge >= 0.3 is 12.3 Å². The summed E-state index contributed by atoms with van der Waals surface area (Å²) in [5, 5.41) is 2.71. The molecule has 1 amide bonds. The van der Waals surface area contributed by atoms with E-state index >= 15 is 0 Å². The van der Waals surface area contributed by atoms with E-state index in [4.69, 9.17) is 16.3 Å². The molecule has 1 heterocycles. The van der Waals surface area contributed by atoms with Crippen LogP contribution in [0.2, 0.25) is 5.02 Å². The molecule has 1 atom stereocenters. The summed E-state index contributed by atoms with van der Waals surface area (Å²) < 4.78 is 43.2. The van der Waals surface area contributed by atoms with E-state index in [2.05, 4.69) is 5.32 Å². The van der Waals surface area contributed by atoms with Crippen LogP contribution in [0.1, 0.15) is 31.0 Å². The van der Waals surface area contributed by atoms with Gasteiger partial charge in [-0.15, -0.1) is 0 Å². The number of nitrogens with one attached hydrogen (secondary N) is 1. The molecule has 0 saturated carbocycles. The largest absolute Gasteiger partial charge is 0.449 e. The van der Waals surface area contributed by atoms with Crippen LogP contribution < -0.4 is 5.32 Å². The van der Waals surface area contributed by atoms with Crippen LogP contribution in [0.25, 0.3) is 0 Å². The van der Waals surface area contributed by atoms with Gasteiger partial charge in [0.25, 0.3) is 0 Å². The van der Waals surface area contributed by atoms with Crippen molar-refractivity contribution >= 4 is 17.7 Å². The smallest absolute Gasteiger partial charge is 0.416 e. The molecule has 110 valence electrons. The van der Waals surface area contributed by atoms with Gasteiger partial charge in [-0.3, -0.25) is 0 Å². The number of benzene rings is 1. The minimum atomic E-state index is -4.46. The van der Waals surface area contributed by atoms with Gasteiger partial charge in [-0.25, -0.2) is 4.79 Å². The molecule has 1 aromatic carbocycles. The minimum absolute atomic E-state index is 0.107. The Morgan fingerprint density at radius 3 is 2.65 bits per heavy atom. The Bertz CT molecular complexity index is 543. The van der Waals surface area contributed by atoms with Crippen LogP contribution in [0.15, 0.2) is 18.2 Å². The average molecular weight is 308 g/mol. The van der Waals surface area contributed by atoms with Crippen molar-refractivity contribution in [1.82, 2.24) is 5.32 Å². The number of alkyl halides is 3. The highest BCUT2D eigenvalue weighted by molar-refractivity contribution is 6.31. The summed E-state index contributed by atoms with van der Waals surface area (Å²) in [7, 11) is 0. The van der Waals surface area contributed by atoms with E-state index in [0.717, 1.165) is 12.1 Å². The Morgan fingerprint density at radius 1 is 1.40 bits per heavy atom. The van der Waals surface area contributed by atoms with E-state index in [1.807, 2.05) is 0 Å². The number of rotatable bonds is 1. The summed E-state index contributed by atoms with van der Waals surface area (Å²) in [5.41, 5.74) is -1.13. The second kappa shape index (κ2) is 4.84. The van der Waals surface area contributed by atoms with E-state index in [1.165, 1.54) is 6.07 Å². The van der Waals surface area contributed by atoms with Gasteiger partial charge in [-0.2, -0.15) is 13.2 Å². The van der Waals surface area contributed by atoms with Gasteiger partial charge in [0.15, 0.2) is 0 Å². The first-order valence-corrected chi connectivity index (χ1v) is 6.29. The van der Waals surface area contributed by atoms with Crippen LogP contribution in [0.4, 0.5) is 18.0 Å². The molecule has 1 N–H and O–H groups in total. The van der Waals surface area contributed by atoms with Gasteiger partial charge in [0.2, 0.25) is 0 Å². The first kappa shape index (κ1) is 15.0. The number of halogens is 4. The monoisotopic (exact) mass is 307 g/mol. The summed E-state index contributed by atoms with van der Waals surface area (Å²) in [5.74, 6) is 0. The van der Waals surface area contributed by atoms with Crippen molar-refractivity contribution < 1.29 is 22.7 Å². The number of hydrogen-bond acceptors (Lipinski definition) is 2. The van der Waals surface area contributed by atoms with Crippen molar-refractivity contribution in [2.24, 2.45) is 5.41 Å². The maximum absolute atomic E-state index is 12.8. The number of alkyl carbamates (subject to hydrolysis) is 1. The Hall–Kier alpha value is -1.43. The SMILES string of the molecule is CC1(C)COC(=O)N[C@H]1c1cc(C(F)(F)F)ccc1Cl. The summed E-state index contributed by atoms with van der Waals surface area (Å²) in [4.78, 5) is 11.3. The van der Waals surface area contributed by atoms with E-state index in [9.17, 15) is 18.0 Å². The summed E-state index contributed by atoms with van der Waals surface area (Å²) >= 11 is 6.00. The van der Waals surface area contributed by atoms with E-state index < -0.39 is 29.3 Å². The topological polar surface area (TPSA) is 38.3 Å². The maximum atomic E-state index is 12.8. The van der Waals surface area contributed by atoms with E-state index in [0.29, 0.717) is 0 Å². The highest BCUT2D eigenvalue weighted by Crippen LogP contribution is 2.41. The molecule has 0 aromatic heterocycles. The molecule has 1 fully saturated rings. The molecule has 0 radical (unpaired) electrons. The summed E-state index contributed by atoms with van der Waals surface area (Å²) in [6.45, 7) is 3.68. The standard InChI is InChI=1S/C13H13ClF3NO2/c1-12(2)6-20-11(19)18-10(12)8-5-7(13(15,16)17)3-4-9(8)14/h3-5,10H,6H2,1-2H3,(H,18,19)/t10-/m0/s1. The van der Waals surface area contributed by atoms with Crippen LogP contribution >= 0.6 is 11.6 Å². The Balaban J connectivity index is 2.47. The van der Waals surface area contributed by atoms with Gasteiger partial charge < -0.3 is 10.1 Å². The van der Waals surface area contributed by atoms with Gasteiger partial charge in [0, 0.05) is 10.4 Å². The molecule has 0 spiro atoms. The van der Waals surface area contributed by atoms with Crippen molar-refractivity contribution in [1.29, 1.82) is 0 Å². The summed E-state index contributed by atoms with van der Waals surface area (Å²) in [6, 6.07) is 2.44. The van der Waals surface area contributed by atoms with Crippen molar-refractivity contribution in [3.05, 3.63) is 34.3 Å². The quantitative estimate of drug-likeness (QED) is 0.846. The van der Waals surface area contributed by atoms with Crippen LogP contribution in [0.3, 0.4) is 0 Å². The van der Waals surface area contributed by atoms with Crippen LogP contribution in [-0.4, -0.2) is 12.7 Å². The Morgan fingerprint density at radius 2 is 2.05 bits per heavy atom. The molecular weight excluding hydrogens is 295 g/mol. The number of carbonyl (C=O) groups is 1. The molecule has 7 heteroatoms. The number of hydrogen-bond donors (Lipinski definition) is 1. The lowest BCUT2D eigenvalue weighted by Crippen LogP contribution is -2.47. The third-order valence-electron chi connectivity index (χ3n) is 3.25. The zero-order chi connectivity index (χ0) is 15.1. The lowest BCUT2D eigenvalue weighted by molar-refractivity contribution is -0.137. The van der Waals surface area contributed by atoms with Crippen LogP contribution in [0.5, 0.6) is 0 Å². The molecule has 1 aromatic rings. The van der Waals surface area contributed by atoms with Gasteiger partial charge in [0.05, 0.1) is 11.6 Å². The van der Waals surface area contributed by atoms with Gasteiger partial charge in [-0.1, -0.05) is 25.4 Å². The molecule has 20 heavy (non-hydrogen) atoms. The molecule has 0 unspecified atom stereocenters. The van der Waals surface area contributed by atoms with Crippen molar-refractivity contribution in [3.63, 3.8) is 0 Å². The molecule has 1 saturated heterocycles. The fraction of sp³-hybridized carbons (Fsp3) is 0.462. The minimum Gasteiger partial charge on any atom is -0.449 e. The van der Waals surface area contributed by atoms with Gasteiger partial charge in [-0.05, 0) is 23.8 Å². The highest BCUT2D eigenvalue weighted by atomic mass is 35.5. The third kappa shape index (κ3) is 2.85. The fourth-order valence-corrected chi connectivity index (χ4v) is 2.36. The number of carbonyl (C=O) groups excluding carboxylic acids is 1. The molecule has 1 aliphatic rings. The van der Waals surface area contributed by atoms with Crippen LogP contribution in [0, 0.1) is 5.41 Å². The predicted molar refractivity (Wildman–Crippen MR) is 67.5 cm³/mol. The summed E-state index contributed by atoms with van der Waals surface area (Å²) in [6.07, 6.45) is -5.12. The lowest BCUT2D eigenvalue weighted by Gasteiger charge is -2.39. The number of amides is 1. The van der Waals surface area contributed by atoms with Crippen molar-refractivity contribution in [3.8, 4) is 0 Å². The highest BCUT2D eigenvalue weighted by Gasteiger charge is 2.40. The van der Waals surface area contributed by atoms with Crippen molar-refractivity contribution in [2.75, 3.05) is 6.61 Å². The third-order valence-corrected chi connectivity index (χ3v) is 3.60. The Labute approximate surface area is 119 Å². The average Bonchev–Trinajstić information content (AvgIpc) is 2.32. The van der Waals surface area contributed by atoms with Crippen molar-refractivity contribution in [2.45, 2.75) is 26.1 Å². The first-order chi connectivity index (χ1) is 9.11. The van der Waals surface area contributed by atoms with Gasteiger partial charge in [0.1, 0.15) is 6.61 Å². The maximum Gasteiger partial charge on any atom is 0.416 e. The molecule has 3 nitrogen and oxygen atoms in total. The number of ether oxygens (including phenoxy) is 1. The number of cyclic esters (lactones) is 1. The Kier molecular flexibility index (Phi) is 3.62. The molecule has 0 aliphatic carbocycles. The molecule has 2 rings (SSSR count). The van der Waals surface area contributed by atoms with Crippen LogP contribution in [-0.2, 0) is 10.9 Å². The zero-order valence-electron chi connectivity index (χ0n) is 10.8.